The Morgan fingerprint density at radius 3 is 2.47 bits per heavy atom. The SMILES string of the molecule is CCSC1CCCC1NC1CCCC1C. The number of hydrogen-bond acceptors (Lipinski definition) is 2. The van der Waals surface area contributed by atoms with Crippen molar-refractivity contribution in [3.63, 3.8) is 0 Å². The summed E-state index contributed by atoms with van der Waals surface area (Å²) >= 11 is 2.17. The number of hydrogen-bond donors (Lipinski definition) is 1. The van der Waals surface area contributed by atoms with E-state index in [2.05, 4.69) is 30.9 Å². The molecule has 88 valence electrons. The van der Waals surface area contributed by atoms with E-state index in [-0.39, 0.29) is 0 Å². The maximum atomic E-state index is 3.94. The summed E-state index contributed by atoms with van der Waals surface area (Å²) in [7, 11) is 0. The number of nitrogens with one attached hydrogen (secondary N) is 1. The zero-order valence-corrected chi connectivity index (χ0v) is 11.0. The molecule has 0 radical (unpaired) electrons. The lowest BCUT2D eigenvalue weighted by Gasteiger charge is -2.26. The first-order chi connectivity index (χ1) is 7.31. The molecule has 2 rings (SSSR count). The van der Waals surface area contributed by atoms with E-state index in [1.165, 1.54) is 44.3 Å². The van der Waals surface area contributed by atoms with Crippen LogP contribution in [0.3, 0.4) is 0 Å². The molecule has 0 amide bonds. The third-order valence-electron chi connectivity index (χ3n) is 4.12. The summed E-state index contributed by atoms with van der Waals surface area (Å²) in [6, 6.07) is 1.65. The highest BCUT2D eigenvalue weighted by Gasteiger charge is 2.31. The van der Waals surface area contributed by atoms with E-state index in [1.807, 2.05) is 0 Å². The van der Waals surface area contributed by atoms with Crippen molar-refractivity contribution in [3.05, 3.63) is 0 Å². The van der Waals surface area contributed by atoms with Gasteiger partial charge in [0.05, 0.1) is 0 Å². The van der Waals surface area contributed by atoms with E-state index in [0.717, 1.165) is 23.3 Å². The van der Waals surface area contributed by atoms with E-state index in [9.17, 15) is 0 Å². The second-order valence-corrected chi connectivity index (χ2v) is 6.73. The quantitative estimate of drug-likeness (QED) is 0.789. The molecule has 0 aromatic heterocycles. The van der Waals surface area contributed by atoms with Gasteiger partial charge in [-0.3, -0.25) is 0 Å². The summed E-state index contributed by atoms with van der Waals surface area (Å²) in [5.41, 5.74) is 0. The summed E-state index contributed by atoms with van der Waals surface area (Å²) < 4.78 is 0. The van der Waals surface area contributed by atoms with Crippen molar-refractivity contribution in [2.75, 3.05) is 5.75 Å². The van der Waals surface area contributed by atoms with Gasteiger partial charge in [0.2, 0.25) is 0 Å². The van der Waals surface area contributed by atoms with E-state index < -0.39 is 0 Å². The number of rotatable bonds is 4. The van der Waals surface area contributed by atoms with Crippen LogP contribution in [0.4, 0.5) is 0 Å². The molecule has 2 saturated carbocycles. The van der Waals surface area contributed by atoms with Crippen molar-refractivity contribution in [3.8, 4) is 0 Å². The maximum absolute atomic E-state index is 3.94. The van der Waals surface area contributed by atoms with Crippen molar-refractivity contribution < 1.29 is 0 Å². The van der Waals surface area contributed by atoms with Crippen LogP contribution in [0.15, 0.2) is 0 Å². The molecule has 0 saturated heterocycles. The highest BCUT2D eigenvalue weighted by atomic mass is 32.2. The molecule has 0 aromatic carbocycles. The van der Waals surface area contributed by atoms with Crippen LogP contribution in [-0.4, -0.2) is 23.1 Å². The molecule has 0 heterocycles. The third-order valence-corrected chi connectivity index (χ3v) is 5.45. The van der Waals surface area contributed by atoms with Crippen LogP contribution in [-0.2, 0) is 0 Å². The first-order valence-corrected chi connectivity index (χ1v) is 7.73. The van der Waals surface area contributed by atoms with E-state index in [0.29, 0.717) is 0 Å². The molecule has 0 aliphatic heterocycles. The van der Waals surface area contributed by atoms with Gasteiger partial charge in [-0.25, -0.2) is 0 Å². The standard InChI is InChI=1S/C13H25NS/c1-3-15-13-9-5-8-12(13)14-11-7-4-6-10(11)2/h10-14H,3-9H2,1-2H3. The second-order valence-electron chi connectivity index (χ2n) is 5.21. The molecule has 4 atom stereocenters. The predicted octanol–water partition coefficient (Wildman–Crippen LogP) is 3.44. The average molecular weight is 227 g/mol. The lowest BCUT2D eigenvalue weighted by Crippen LogP contribution is -2.42. The van der Waals surface area contributed by atoms with Gasteiger partial charge in [-0.2, -0.15) is 11.8 Å². The summed E-state index contributed by atoms with van der Waals surface area (Å²) in [5, 5.41) is 4.85. The maximum Gasteiger partial charge on any atom is 0.0201 e. The lowest BCUT2D eigenvalue weighted by molar-refractivity contribution is 0.376. The minimum absolute atomic E-state index is 0.820. The molecule has 15 heavy (non-hydrogen) atoms. The summed E-state index contributed by atoms with van der Waals surface area (Å²) in [5.74, 6) is 2.20. The summed E-state index contributed by atoms with van der Waals surface area (Å²) in [6.45, 7) is 4.71. The predicted molar refractivity (Wildman–Crippen MR) is 69.5 cm³/mol. The van der Waals surface area contributed by atoms with Crippen molar-refractivity contribution in [1.29, 1.82) is 0 Å². The first-order valence-electron chi connectivity index (χ1n) is 6.69. The Balaban J connectivity index is 1.82. The molecule has 0 aromatic rings. The van der Waals surface area contributed by atoms with Crippen LogP contribution in [0, 0.1) is 5.92 Å². The van der Waals surface area contributed by atoms with Gasteiger partial charge in [0.15, 0.2) is 0 Å². The minimum Gasteiger partial charge on any atom is -0.310 e. The fourth-order valence-electron chi connectivity index (χ4n) is 3.20. The molecule has 2 heteroatoms. The fourth-order valence-corrected chi connectivity index (χ4v) is 4.41. The van der Waals surface area contributed by atoms with Crippen LogP contribution in [0.2, 0.25) is 0 Å². The molecule has 0 bridgehead atoms. The minimum atomic E-state index is 0.820. The van der Waals surface area contributed by atoms with E-state index >= 15 is 0 Å². The van der Waals surface area contributed by atoms with Gasteiger partial charge in [-0.15, -0.1) is 0 Å². The van der Waals surface area contributed by atoms with Crippen molar-refractivity contribution in [1.82, 2.24) is 5.32 Å². The van der Waals surface area contributed by atoms with Gasteiger partial charge in [-0.1, -0.05) is 26.7 Å². The Morgan fingerprint density at radius 1 is 1.07 bits per heavy atom. The highest BCUT2D eigenvalue weighted by Crippen LogP contribution is 2.33. The average Bonchev–Trinajstić information content (AvgIpc) is 2.80. The molecular weight excluding hydrogens is 202 g/mol. The van der Waals surface area contributed by atoms with Crippen LogP contribution >= 0.6 is 11.8 Å². The Labute approximate surface area is 98.8 Å². The molecule has 2 aliphatic rings. The zero-order valence-electron chi connectivity index (χ0n) is 10.2. The van der Waals surface area contributed by atoms with Crippen molar-refractivity contribution in [2.24, 2.45) is 5.92 Å². The van der Waals surface area contributed by atoms with E-state index in [4.69, 9.17) is 0 Å². The van der Waals surface area contributed by atoms with Gasteiger partial charge in [0.25, 0.3) is 0 Å². The lowest BCUT2D eigenvalue weighted by atomic mass is 10.0. The molecular formula is C13H25NS. The van der Waals surface area contributed by atoms with Crippen molar-refractivity contribution >= 4 is 11.8 Å². The normalized spacial score (nSPS) is 41.2. The third kappa shape index (κ3) is 2.91. The van der Waals surface area contributed by atoms with Gasteiger partial charge < -0.3 is 5.32 Å². The Kier molecular flexibility index (Phi) is 4.39. The monoisotopic (exact) mass is 227 g/mol. The van der Waals surface area contributed by atoms with Gasteiger partial charge in [0.1, 0.15) is 0 Å². The highest BCUT2D eigenvalue weighted by molar-refractivity contribution is 7.99. The fraction of sp³-hybridized carbons (Fsp3) is 1.00. The largest absolute Gasteiger partial charge is 0.310 e. The van der Waals surface area contributed by atoms with Gasteiger partial charge >= 0.3 is 0 Å². The van der Waals surface area contributed by atoms with Crippen molar-refractivity contribution in [2.45, 2.75) is 69.7 Å². The molecule has 0 spiro atoms. The Morgan fingerprint density at radius 2 is 1.80 bits per heavy atom. The Bertz CT molecular complexity index is 195. The van der Waals surface area contributed by atoms with E-state index in [1.54, 1.807) is 0 Å². The van der Waals surface area contributed by atoms with Crippen LogP contribution in [0.25, 0.3) is 0 Å². The molecule has 2 aliphatic carbocycles. The molecule has 2 fully saturated rings. The molecule has 1 nitrogen and oxygen atoms in total. The Hall–Kier alpha value is 0.310. The summed E-state index contributed by atoms with van der Waals surface area (Å²) in [4.78, 5) is 0. The van der Waals surface area contributed by atoms with Gasteiger partial charge in [-0.05, 0) is 37.4 Å². The van der Waals surface area contributed by atoms with Gasteiger partial charge in [0, 0.05) is 17.3 Å². The summed E-state index contributed by atoms with van der Waals surface area (Å²) in [6.07, 6.45) is 8.60. The smallest absolute Gasteiger partial charge is 0.0201 e. The molecule has 4 unspecified atom stereocenters. The zero-order chi connectivity index (χ0) is 10.7. The first kappa shape index (κ1) is 11.8. The molecule has 1 N–H and O–H groups in total. The second kappa shape index (κ2) is 5.58. The van der Waals surface area contributed by atoms with Crippen LogP contribution in [0.5, 0.6) is 0 Å². The topological polar surface area (TPSA) is 12.0 Å². The number of thioether (sulfide) groups is 1. The van der Waals surface area contributed by atoms with Crippen LogP contribution < -0.4 is 5.32 Å². The van der Waals surface area contributed by atoms with Crippen LogP contribution in [0.1, 0.15) is 52.4 Å².